The first-order valence-electron chi connectivity index (χ1n) is 9.70. The van der Waals surface area contributed by atoms with Gasteiger partial charge < -0.3 is 9.67 Å². The molecule has 9 heteroatoms. The summed E-state index contributed by atoms with van der Waals surface area (Å²) in [5.74, 6) is -0.0401. The maximum Gasteiger partial charge on any atom is 0.333 e. The quantitative estimate of drug-likeness (QED) is 0.553. The van der Waals surface area contributed by atoms with Crippen LogP contribution in [0.15, 0.2) is 32.3 Å². The lowest BCUT2D eigenvalue weighted by molar-refractivity contribution is 0.265. The van der Waals surface area contributed by atoms with Crippen LogP contribution in [0.1, 0.15) is 44.5 Å². The fourth-order valence-corrected chi connectivity index (χ4v) is 3.87. The molecule has 29 heavy (non-hydrogen) atoms. The van der Waals surface area contributed by atoms with E-state index in [0.717, 1.165) is 23.8 Å². The van der Waals surface area contributed by atoms with Crippen molar-refractivity contribution in [1.29, 1.82) is 0 Å². The number of aliphatic hydroxyl groups excluding tert-OH is 1. The smallest absolute Gasteiger partial charge is 0.333 e. The summed E-state index contributed by atoms with van der Waals surface area (Å²) in [6, 6.07) is 4.15. The Hall–Kier alpha value is -2.26. The number of aliphatic hydroxyl groups is 1. The molecular weight excluding hydrogens is 443 g/mol. The average Bonchev–Trinajstić information content (AvgIpc) is 3.05. The zero-order valence-corrected chi connectivity index (χ0v) is 18.1. The molecule has 0 aliphatic rings. The van der Waals surface area contributed by atoms with Gasteiger partial charge in [0.25, 0.3) is 5.56 Å². The third kappa shape index (κ3) is 4.06. The summed E-state index contributed by atoms with van der Waals surface area (Å²) in [7, 11) is 0. The van der Waals surface area contributed by atoms with E-state index >= 15 is 0 Å². The first kappa shape index (κ1) is 21.4. The van der Waals surface area contributed by atoms with Crippen LogP contribution in [0.4, 0.5) is 4.39 Å². The van der Waals surface area contributed by atoms with E-state index in [4.69, 9.17) is 0 Å². The SMILES string of the molecule is CCCCn1c(=O)n(Cc2ccc(F)cc2Br)c(=O)c2c1nc(CO)n2CCC. The third-order valence-corrected chi connectivity index (χ3v) is 5.60. The van der Waals surface area contributed by atoms with Crippen LogP contribution < -0.4 is 11.2 Å². The Bertz CT molecular complexity index is 1150. The summed E-state index contributed by atoms with van der Waals surface area (Å²) >= 11 is 3.30. The molecule has 0 aliphatic heterocycles. The van der Waals surface area contributed by atoms with Crippen LogP contribution in [0.5, 0.6) is 0 Å². The van der Waals surface area contributed by atoms with E-state index in [9.17, 15) is 19.1 Å². The van der Waals surface area contributed by atoms with Gasteiger partial charge in [-0.15, -0.1) is 0 Å². The van der Waals surface area contributed by atoms with E-state index in [1.807, 2.05) is 13.8 Å². The summed E-state index contributed by atoms with van der Waals surface area (Å²) in [5, 5.41) is 9.72. The van der Waals surface area contributed by atoms with Crippen molar-refractivity contribution in [1.82, 2.24) is 18.7 Å². The zero-order valence-electron chi connectivity index (χ0n) is 16.5. The topological polar surface area (TPSA) is 82.1 Å². The molecule has 3 rings (SSSR count). The van der Waals surface area contributed by atoms with Gasteiger partial charge in [-0.25, -0.2) is 14.2 Å². The van der Waals surface area contributed by atoms with E-state index in [1.54, 1.807) is 10.6 Å². The summed E-state index contributed by atoms with van der Waals surface area (Å²) < 4.78 is 18.3. The maximum atomic E-state index is 13.4. The van der Waals surface area contributed by atoms with Gasteiger partial charge in [0.1, 0.15) is 18.2 Å². The van der Waals surface area contributed by atoms with Crippen molar-refractivity contribution in [2.24, 2.45) is 0 Å². The Morgan fingerprint density at radius 3 is 2.48 bits per heavy atom. The van der Waals surface area contributed by atoms with Crippen LogP contribution in [0.2, 0.25) is 0 Å². The highest BCUT2D eigenvalue weighted by molar-refractivity contribution is 9.10. The highest BCUT2D eigenvalue weighted by Gasteiger charge is 2.21. The van der Waals surface area contributed by atoms with Gasteiger partial charge in [0.05, 0.1) is 6.54 Å². The lowest BCUT2D eigenvalue weighted by Crippen LogP contribution is -2.41. The standard InChI is InChI=1S/C20H24BrFN4O3/c1-3-5-9-25-18-17(24(8-4-2)16(12-27)23-18)19(28)26(20(25)29)11-13-6-7-14(22)10-15(13)21/h6-7,10,27H,3-5,8-9,11-12H2,1-2H3. The molecule has 0 saturated carbocycles. The van der Waals surface area contributed by atoms with Gasteiger partial charge >= 0.3 is 5.69 Å². The van der Waals surface area contributed by atoms with E-state index in [2.05, 4.69) is 20.9 Å². The largest absolute Gasteiger partial charge is 0.388 e. The molecule has 0 saturated heterocycles. The molecule has 0 radical (unpaired) electrons. The number of unbranched alkanes of at least 4 members (excludes halogenated alkanes) is 1. The Balaban J connectivity index is 2.30. The lowest BCUT2D eigenvalue weighted by atomic mass is 10.2. The molecule has 1 N–H and O–H groups in total. The first-order valence-corrected chi connectivity index (χ1v) is 10.5. The van der Waals surface area contributed by atoms with Crippen LogP contribution in [0.25, 0.3) is 11.2 Å². The fourth-order valence-electron chi connectivity index (χ4n) is 3.40. The van der Waals surface area contributed by atoms with Gasteiger partial charge in [-0.3, -0.25) is 13.9 Å². The molecule has 0 fully saturated rings. The van der Waals surface area contributed by atoms with E-state index in [0.29, 0.717) is 40.1 Å². The number of nitrogens with zero attached hydrogens (tertiary/aromatic N) is 4. The second-order valence-corrected chi connectivity index (χ2v) is 7.78. The Morgan fingerprint density at radius 1 is 1.10 bits per heavy atom. The summed E-state index contributed by atoms with van der Waals surface area (Å²) in [6.45, 7) is 4.60. The Morgan fingerprint density at radius 2 is 1.86 bits per heavy atom. The van der Waals surface area contributed by atoms with Gasteiger partial charge in [0.2, 0.25) is 0 Å². The van der Waals surface area contributed by atoms with Crippen molar-refractivity contribution < 1.29 is 9.50 Å². The first-order chi connectivity index (χ1) is 13.9. The van der Waals surface area contributed by atoms with Crippen molar-refractivity contribution >= 4 is 27.1 Å². The molecule has 0 bridgehead atoms. The number of halogens is 2. The predicted octanol–water partition coefficient (Wildman–Crippen LogP) is 3.01. The van der Waals surface area contributed by atoms with Gasteiger partial charge in [0, 0.05) is 17.6 Å². The third-order valence-electron chi connectivity index (χ3n) is 4.86. The molecule has 0 atom stereocenters. The minimum absolute atomic E-state index is 0.00631. The molecule has 1 aromatic carbocycles. The predicted molar refractivity (Wildman–Crippen MR) is 113 cm³/mol. The van der Waals surface area contributed by atoms with Gasteiger partial charge in [-0.05, 0) is 30.5 Å². The number of hydrogen-bond acceptors (Lipinski definition) is 4. The van der Waals surface area contributed by atoms with Gasteiger partial charge in [-0.2, -0.15) is 0 Å². The van der Waals surface area contributed by atoms with E-state index in [-0.39, 0.29) is 13.2 Å². The van der Waals surface area contributed by atoms with Crippen LogP contribution in [-0.2, 0) is 26.2 Å². The van der Waals surface area contributed by atoms with Crippen molar-refractivity contribution in [2.75, 3.05) is 0 Å². The summed E-state index contributed by atoms with van der Waals surface area (Å²) in [5.41, 5.74) is 0.313. The molecule has 3 aromatic rings. The van der Waals surface area contributed by atoms with Crippen LogP contribution in [0, 0.1) is 5.82 Å². The molecule has 2 heterocycles. The molecule has 0 amide bonds. The maximum absolute atomic E-state index is 13.4. The number of aromatic nitrogens is 4. The Labute approximate surface area is 175 Å². The van der Waals surface area contributed by atoms with Gasteiger partial charge in [-0.1, -0.05) is 42.3 Å². The number of aryl methyl sites for hydroxylation is 2. The molecule has 2 aromatic heterocycles. The summed E-state index contributed by atoms with van der Waals surface area (Å²) in [6.07, 6.45) is 2.37. The minimum Gasteiger partial charge on any atom is -0.388 e. The highest BCUT2D eigenvalue weighted by Crippen LogP contribution is 2.19. The van der Waals surface area contributed by atoms with Crippen LogP contribution >= 0.6 is 15.9 Å². The zero-order chi connectivity index (χ0) is 21.1. The number of imidazole rings is 1. The number of fused-ring (bicyclic) bond motifs is 1. The molecular formula is C20H24BrFN4O3. The van der Waals surface area contributed by atoms with Gasteiger partial charge in [0.15, 0.2) is 11.2 Å². The fraction of sp³-hybridized carbons (Fsp3) is 0.450. The molecule has 0 spiro atoms. The summed E-state index contributed by atoms with van der Waals surface area (Å²) in [4.78, 5) is 30.9. The second kappa shape index (κ2) is 9.04. The normalized spacial score (nSPS) is 11.5. The van der Waals surface area contributed by atoms with E-state index < -0.39 is 17.1 Å². The average molecular weight is 467 g/mol. The number of hydrogen-bond donors (Lipinski definition) is 1. The minimum atomic E-state index is -0.463. The monoisotopic (exact) mass is 466 g/mol. The van der Waals surface area contributed by atoms with Crippen LogP contribution in [-0.4, -0.2) is 23.8 Å². The number of benzene rings is 1. The van der Waals surface area contributed by atoms with E-state index in [1.165, 1.54) is 16.7 Å². The highest BCUT2D eigenvalue weighted by atomic mass is 79.9. The number of rotatable bonds is 8. The second-order valence-electron chi connectivity index (χ2n) is 6.92. The van der Waals surface area contributed by atoms with Crippen molar-refractivity contribution in [2.45, 2.75) is 59.4 Å². The lowest BCUT2D eigenvalue weighted by Gasteiger charge is -2.13. The van der Waals surface area contributed by atoms with Crippen molar-refractivity contribution in [3.63, 3.8) is 0 Å². The van der Waals surface area contributed by atoms with Crippen LogP contribution in [0.3, 0.4) is 0 Å². The molecule has 0 aliphatic carbocycles. The molecule has 7 nitrogen and oxygen atoms in total. The van der Waals surface area contributed by atoms with Crippen molar-refractivity contribution in [3.8, 4) is 0 Å². The van der Waals surface area contributed by atoms with Crippen molar-refractivity contribution in [3.05, 3.63) is 60.7 Å². The molecule has 0 unspecified atom stereocenters. The molecule has 156 valence electrons. The Kier molecular flexibility index (Phi) is 6.69.